The number of carbonyl (C=O) groups excluding carboxylic acids is 1. The maximum atomic E-state index is 12.3. The van der Waals surface area contributed by atoms with Gasteiger partial charge in [0.15, 0.2) is 0 Å². The Labute approximate surface area is 131 Å². The van der Waals surface area contributed by atoms with Gasteiger partial charge in [0.05, 0.1) is 5.69 Å². The third-order valence-corrected chi connectivity index (χ3v) is 3.63. The highest BCUT2D eigenvalue weighted by Gasteiger charge is 2.19. The van der Waals surface area contributed by atoms with E-state index in [9.17, 15) is 4.79 Å². The third-order valence-electron chi connectivity index (χ3n) is 3.63. The Hall–Kier alpha value is -2.30. The Morgan fingerprint density at radius 3 is 2.41 bits per heavy atom. The molecule has 22 heavy (non-hydrogen) atoms. The first kappa shape index (κ1) is 16.1. The molecule has 0 spiro atoms. The summed E-state index contributed by atoms with van der Waals surface area (Å²) in [5, 5.41) is 6.81. The molecule has 0 saturated heterocycles. The van der Waals surface area contributed by atoms with E-state index in [-0.39, 0.29) is 11.9 Å². The summed E-state index contributed by atoms with van der Waals surface area (Å²) in [6.07, 6.45) is 0.781. The van der Waals surface area contributed by atoms with E-state index in [2.05, 4.69) is 39.6 Å². The van der Waals surface area contributed by atoms with Crippen LogP contribution < -0.4 is 10.2 Å². The molecule has 1 heterocycles. The van der Waals surface area contributed by atoms with Gasteiger partial charge in [0.1, 0.15) is 11.3 Å². The first-order chi connectivity index (χ1) is 10.4. The SMILES string of the molecule is Cc1noc(C)c1C(=O)N[C@@H](C)Cc1ccc(N(C)C)cc1. The van der Waals surface area contributed by atoms with Crippen LogP contribution in [-0.4, -0.2) is 31.2 Å². The van der Waals surface area contributed by atoms with Gasteiger partial charge in [0, 0.05) is 25.8 Å². The second kappa shape index (κ2) is 6.64. The molecule has 1 aromatic carbocycles. The standard InChI is InChI=1S/C17H23N3O2/c1-11(10-14-6-8-15(9-7-14)20(4)5)18-17(21)16-12(2)19-22-13(16)3/h6-9,11H,10H2,1-5H3,(H,18,21)/t11-/m0/s1. The van der Waals surface area contributed by atoms with Gasteiger partial charge in [-0.3, -0.25) is 4.79 Å². The van der Waals surface area contributed by atoms with Crippen molar-refractivity contribution in [3.8, 4) is 0 Å². The second-order valence-electron chi connectivity index (χ2n) is 5.84. The number of anilines is 1. The van der Waals surface area contributed by atoms with Crippen molar-refractivity contribution in [1.82, 2.24) is 10.5 Å². The molecule has 1 aromatic heterocycles. The lowest BCUT2D eigenvalue weighted by molar-refractivity contribution is 0.0938. The summed E-state index contributed by atoms with van der Waals surface area (Å²) in [6, 6.07) is 8.38. The van der Waals surface area contributed by atoms with Crippen LogP contribution in [0.5, 0.6) is 0 Å². The molecule has 5 heteroatoms. The highest BCUT2D eigenvalue weighted by atomic mass is 16.5. The van der Waals surface area contributed by atoms with E-state index in [4.69, 9.17) is 4.52 Å². The van der Waals surface area contributed by atoms with Gasteiger partial charge in [0.2, 0.25) is 0 Å². The molecule has 0 aliphatic carbocycles. The molecule has 5 nitrogen and oxygen atoms in total. The number of carbonyl (C=O) groups is 1. The van der Waals surface area contributed by atoms with Crippen LogP contribution in [0.4, 0.5) is 5.69 Å². The fraction of sp³-hybridized carbons (Fsp3) is 0.412. The topological polar surface area (TPSA) is 58.4 Å². The smallest absolute Gasteiger partial charge is 0.257 e. The van der Waals surface area contributed by atoms with Gasteiger partial charge in [-0.15, -0.1) is 0 Å². The van der Waals surface area contributed by atoms with Gasteiger partial charge in [-0.25, -0.2) is 0 Å². The molecule has 1 N–H and O–H groups in total. The maximum absolute atomic E-state index is 12.3. The van der Waals surface area contributed by atoms with Crippen LogP contribution in [0.3, 0.4) is 0 Å². The van der Waals surface area contributed by atoms with Crippen molar-refractivity contribution in [3.63, 3.8) is 0 Å². The zero-order valence-corrected chi connectivity index (χ0v) is 13.8. The minimum atomic E-state index is -0.131. The van der Waals surface area contributed by atoms with E-state index in [0.29, 0.717) is 17.0 Å². The van der Waals surface area contributed by atoms with Crippen LogP contribution in [0.1, 0.15) is 34.3 Å². The molecule has 0 unspecified atom stereocenters. The fourth-order valence-corrected chi connectivity index (χ4v) is 2.44. The molecule has 0 bridgehead atoms. The summed E-state index contributed by atoms with van der Waals surface area (Å²) >= 11 is 0. The summed E-state index contributed by atoms with van der Waals surface area (Å²) in [5.74, 6) is 0.422. The summed E-state index contributed by atoms with van der Waals surface area (Å²) in [5.41, 5.74) is 3.51. The van der Waals surface area contributed by atoms with Crippen LogP contribution >= 0.6 is 0 Å². The number of nitrogens with one attached hydrogen (secondary N) is 1. The number of aromatic nitrogens is 1. The van der Waals surface area contributed by atoms with Crippen molar-refractivity contribution >= 4 is 11.6 Å². The van der Waals surface area contributed by atoms with Crippen LogP contribution in [0.25, 0.3) is 0 Å². The Morgan fingerprint density at radius 1 is 1.27 bits per heavy atom. The van der Waals surface area contributed by atoms with Crippen molar-refractivity contribution in [1.29, 1.82) is 0 Å². The van der Waals surface area contributed by atoms with Crippen molar-refractivity contribution in [3.05, 3.63) is 46.8 Å². The second-order valence-corrected chi connectivity index (χ2v) is 5.84. The lowest BCUT2D eigenvalue weighted by Gasteiger charge is -2.16. The van der Waals surface area contributed by atoms with Crippen LogP contribution in [0, 0.1) is 13.8 Å². The van der Waals surface area contributed by atoms with Gasteiger partial charge in [-0.05, 0) is 44.9 Å². The molecular formula is C17H23N3O2. The van der Waals surface area contributed by atoms with Crippen LogP contribution in [-0.2, 0) is 6.42 Å². The average molecular weight is 301 g/mol. The predicted octanol–water partition coefficient (Wildman–Crippen LogP) is 2.72. The number of rotatable bonds is 5. The Balaban J connectivity index is 1.98. The monoisotopic (exact) mass is 301 g/mol. The minimum Gasteiger partial charge on any atom is -0.378 e. The van der Waals surface area contributed by atoms with Gasteiger partial charge in [-0.1, -0.05) is 17.3 Å². The minimum absolute atomic E-state index is 0.0337. The van der Waals surface area contributed by atoms with Gasteiger partial charge in [-0.2, -0.15) is 0 Å². The molecule has 0 radical (unpaired) electrons. The van der Waals surface area contributed by atoms with E-state index in [0.717, 1.165) is 12.1 Å². The Kier molecular flexibility index (Phi) is 4.85. The quantitative estimate of drug-likeness (QED) is 0.922. The summed E-state index contributed by atoms with van der Waals surface area (Å²) in [4.78, 5) is 14.3. The normalized spacial score (nSPS) is 12.0. The van der Waals surface area contributed by atoms with Gasteiger partial charge >= 0.3 is 0 Å². The van der Waals surface area contributed by atoms with Crippen molar-refractivity contribution < 1.29 is 9.32 Å². The molecule has 0 saturated carbocycles. The predicted molar refractivity (Wildman–Crippen MR) is 87.4 cm³/mol. The van der Waals surface area contributed by atoms with Crippen molar-refractivity contribution in [2.45, 2.75) is 33.2 Å². The molecule has 118 valence electrons. The van der Waals surface area contributed by atoms with E-state index >= 15 is 0 Å². The highest BCUT2D eigenvalue weighted by Crippen LogP contribution is 2.15. The Morgan fingerprint density at radius 2 is 1.91 bits per heavy atom. The number of nitrogens with zero attached hydrogens (tertiary/aromatic N) is 2. The highest BCUT2D eigenvalue weighted by molar-refractivity contribution is 5.96. The first-order valence-electron chi connectivity index (χ1n) is 7.38. The van der Waals surface area contributed by atoms with E-state index < -0.39 is 0 Å². The van der Waals surface area contributed by atoms with Crippen LogP contribution in [0.2, 0.25) is 0 Å². The fourth-order valence-electron chi connectivity index (χ4n) is 2.44. The zero-order chi connectivity index (χ0) is 16.3. The van der Waals surface area contributed by atoms with Gasteiger partial charge in [0.25, 0.3) is 5.91 Å². The number of aryl methyl sites for hydroxylation is 2. The zero-order valence-electron chi connectivity index (χ0n) is 13.8. The van der Waals surface area contributed by atoms with Crippen LogP contribution in [0.15, 0.2) is 28.8 Å². The van der Waals surface area contributed by atoms with E-state index in [1.54, 1.807) is 13.8 Å². The van der Waals surface area contributed by atoms with E-state index in [1.807, 2.05) is 21.0 Å². The lowest BCUT2D eigenvalue weighted by atomic mass is 10.1. The van der Waals surface area contributed by atoms with Crippen molar-refractivity contribution in [2.75, 3.05) is 19.0 Å². The third kappa shape index (κ3) is 3.67. The van der Waals surface area contributed by atoms with Crippen molar-refractivity contribution in [2.24, 2.45) is 0 Å². The summed E-state index contributed by atoms with van der Waals surface area (Å²) < 4.78 is 5.04. The molecule has 1 atom stereocenters. The number of benzene rings is 1. The molecule has 2 aromatic rings. The molecule has 0 aliphatic heterocycles. The summed E-state index contributed by atoms with van der Waals surface area (Å²) in [6.45, 7) is 5.52. The lowest BCUT2D eigenvalue weighted by Crippen LogP contribution is -2.34. The molecule has 2 rings (SSSR count). The van der Waals surface area contributed by atoms with Gasteiger partial charge < -0.3 is 14.7 Å². The summed E-state index contributed by atoms with van der Waals surface area (Å²) in [7, 11) is 4.03. The molecular weight excluding hydrogens is 278 g/mol. The van der Waals surface area contributed by atoms with E-state index in [1.165, 1.54) is 5.56 Å². The average Bonchev–Trinajstić information content (AvgIpc) is 2.78. The Bertz CT molecular complexity index is 625. The molecule has 1 amide bonds. The molecule has 0 aliphatic rings. The first-order valence-corrected chi connectivity index (χ1v) is 7.38. The number of hydrogen-bond acceptors (Lipinski definition) is 4. The maximum Gasteiger partial charge on any atom is 0.257 e. The number of hydrogen-bond donors (Lipinski definition) is 1. The number of amides is 1. The largest absolute Gasteiger partial charge is 0.378 e. The molecule has 0 fully saturated rings.